The third kappa shape index (κ3) is 3.17. The lowest BCUT2D eigenvalue weighted by Crippen LogP contribution is -2.73. The van der Waals surface area contributed by atoms with Crippen LogP contribution in [0.1, 0.15) is 24.2 Å². The number of pyridine rings is 1. The quantitative estimate of drug-likeness (QED) is 0.566. The van der Waals surface area contributed by atoms with Crippen molar-refractivity contribution in [3.8, 4) is 11.4 Å². The van der Waals surface area contributed by atoms with Crippen LogP contribution in [0.3, 0.4) is 0 Å². The number of aromatic nitrogens is 4. The summed E-state index contributed by atoms with van der Waals surface area (Å²) >= 11 is 6.36. The zero-order valence-corrected chi connectivity index (χ0v) is 19.7. The van der Waals surface area contributed by atoms with Gasteiger partial charge in [-0.3, -0.25) is 9.47 Å². The lowest BCUT2D eigenvalue weighted by molar-refractivity contribution is 0.152. The summed E-state index contributed by atoms with van der Waals surface area (Å²) in [7, 11) is 1.55. The summed E-state index contributed by atoms with van der Waals surface area (Å²) < 4.78 is 21.1. The van der Waals surface area contributed by atoms with Gasteiger partial charge in [0.1, 0.15) is 5.82 Å². The zero-order chi connectivity index (χ0) is 23.0. The van der Waals surface area contributed by atoms with E-state index in [0.29, 0.717) is 17.6 Å². The van der Waals surface area contributed by atoms with E-state index in [4.69, 9.17) is 16.3 Å². The fraction of sp³-hybridized carbons (Fsp3) is 0.458. The third-order valence-corrected chi connectivity index (χ3v) is 7.72. The Hall–Kier alpha value is -2.91. The molecule has 34 heavy (non-hydrogen) atoms. The van der Waals surface area contributed by atoms with Crippen molar-refractivity contribution in [3.63, 3.8) is 0 Å². The minimum Gasteiger partial charge on any atom is -0.493 e. The maximum absolute atomic E-state index is 13.5. The SMILES string of the molecule is COc1cc(F)cnc1N1CC2(C1)CN(c1nnc3n1-c1ccc(Cl)cc1CN(C1CC1)C3)C2. The van der Waals surface area contributed by atoms with Crippen LogP contribution >= 0.6 is 11.6 Å². The van der Waals surface area contributed by atoms with Crippen LogP contribution in [-0.4, -0.2) is 64.0 Å². The van der Waals surface area contributed by atoms with Gasteiger partial charge in [0.25, 0.3) is 0 Å². The predicted octanol–water partition coefficient (Wildman–Crippen LogP) is 3.27. The standard InChI is InChI=1S/C24H25ClFN7O/c1-34-20-7-17(26)8-27-22(20)31-11-24(12-31)13-32(14-24)23-29-28-21-10-30(18-3-4-18)9-15-6-16(25)2-5-19(15)33(21)23/h2,5-8,18H,3-4,9-14H2,1H3. The Morgan fingerprint density at radius 3 is 2.62 bits per heavy atom. The van der Waals surface area contributed by atoms with Gasteiger partial charge in [-0.25, -0.2) is 9.37 Å². The Bertz CT molecular complexity index is 1280. The second-order valence-corrected chi connectivity index (χ2v) is 10.5. The van der Waals surface area contributed by atoms with Crippen molar-refractivity contribution in [2.75, 3.05) is 43.1 Å². The van der Waals surface area contributed by atoms with Crippen molar-refractivity contribution in [2.45, 2.75) is 32.0 Å². The summed E-state index contributed by atoms with van der Waals surface area (Å²) in [6.07, 6.45) is 3.74. The van der Waals surface area contributed by atoms with Crippen LogP contribution in [0.2, 0.25) is 5.02 Å². The van der Waals surface area contributed by atoms with E-state index in [9.17, 15) is 4.39 Å². The highest BCUT2D eigenvalue weighted by atomic mass is 35.5. The number of rotatable bonds is 4. The zero-order valence-electron chi connectivity index (χ0n) is 18.9. The van der Waals surface area contributed by atoms with Crippen molar-refractivity contribution in [3.05, 3.63) is 52.7 Å². The average molecular weight is 482 g/mol. The molecular weight excluding hydrogens is 457 g/mol. The normalized spacial score (nSPS) is 20.9. The minimum atomic E-state index is -0.389. The summed E-state index contributed by atoms with van der Waals surface area (Å²) in [5.41, 5.74) is 2.53. The molecule has 176 valence electrons. The lowest BCUT2D eigenvalue weighted by Gasteiger charge is -2.60. The molecule has 3 aromatic rings. The van der Waals surface area contributed by atoms with E-state index in [1.54, 1.807) is 7.11 Å². The number of anilines is 2. The molecule has 0 bridgehead atoms. The summed E-state index contributed by atoms with van der Waals surface area (Å²) in [4.78, 5) is 11.2. The first-order valence-corrected chi connectivity index (χ1v) is 12.1. The van der Waals surface area contributed by atoms with Gasteiger partial charge in [0.15, 0.2) is 17.4 Å². The van der Waals surface area contributed by atoms with Gasteiger partial charge < -0.3 is 14.5 Å². The van der Waals surface area contributed by atoms with Gasteiger partial charge in [0.05, 0.1) is 25.5 Å². The first kappa shape index (κ1) is 20.5. The largest absolute Gasteiger partial charge is 0.493 e. The first-order chi connectivity index (χ1) is 16.5. The summed E-state index contributed by atoms with van der Waals surface area (Å²) in [5.74, 6) is 2.68. The molecule has 2 saturated heterocycles. The molecule has 0 unspecified atom stereocenters. The van der Waals surface area contributed by atoms with Crippen LogP contribution in [-0.2, 0) is 13.1 Å². The van der Waals surface area contributed by atoms with Crippen LogP contribution in [0.4, 0.5) is 16.2 Å². The van der Waals surface area contributed by atoms with E-state index in [-0.39, 0.29) is 11.2 Å². The molecule has 7 rings (SSSR count). The Kier molecular flexibility index (Phi) is 4.39. The number of benzene rings is 1. The molecule has 5 heterocycles. The van der Waals surface area contributed by atoms with Crippen molar-refractivity contribution < 1.29 is 9.13 Å². The van der Waals surface area contributed by atoms with Crippen LogP contribution in [0.5, 0.6) is 5.75 Å². The second kappa shape index (κ2) is 7.29. The van der Waals surface area contributed by atoms with Crippen molar-refractivity contribution in [1.82, 2.24) is 24.6 Å². The Morgan fingerprint density at radius 2 is 1.85 bits per heavy atom. The van der Waals surface area contributed by atoms with E-state index in [1.165, 1.54) is 30.7 Å². The topological polar surface area (TPSA) is 62.6 Å². The molecule has 1 aliphatic carbocycles. The molecule has 3 aliphatic heterocycles. The molecule has 1 aromatic carbocycles. The van der Waals surface area contributed by atoms with Gasteiger partial charge in [-0.05, 0) is 36.6 Å². The van der Waals surface area contributed by atoms with Crippen LogP contribution in [0, 0.1) is 11.2 Å². The molecule has 0 amide bonds. The number of halogens is 2. The van der Waals surface area contributed by atoms with Gasteiger partial charge in [-0.2, -0.15) is 0 Å². The maximum atomic E-state index is 13.5. The first-order valence-electron chi connectivity index (χ1n) is 11.7. The lowest BCUT2D eigenvalue weighted by atomic mass is 9.73. The van der Waals surface area contributed by atoms with Gasteiger partial charge in [-0.1, -0.05) is 11.6 Å². The van der Waals surface area contributed by atoms with E-state index >= 15 is 0 Å². The molecule has 2 aromatic heterocycles. The monoisotopic (exact) mass is 481 g/mol. The van der Waals surface area contributed by atoms with Crippen LogP contribution < -0.4 is 14.5 Å². The Morgan fingerprint density at radius 1 is 1.06 bits per heavy atom. The van der Waals surface area contributed by atoms with Crippen molar-refractivity contribution >= 4 is 23.4 Å². The van der Waals surface area contributed by atoms with Gasteiger partial charge >= 0.3 is 0 Å². The second-order valence-electron chi connectivity index (χ2n) is 10.1. The number of methoxy groups -OCH3 is 1. The maximum Gasteiger partial charge on any atom is 0.231 e. The van der Waals surface area contributed by atoms with Crippen molar-refractivity contribution in [1.29, 1.82) is 0 Å². The Labute approximate surface area is 201 Å². The van der Waals surface area contributed by atoms with Crippen LogP contribution in [0.15, 0.2) is 30.5 Å². The number of fused-ring (bicyclic) bond motifs is 3. The number of ether oxygens (including phenoxy) is 1. The van der Waals surface area contributed by atoms with Gasteiger partial charge in [-0.15, -0.1) is 10.2 Å². The van der Waals surface area contributed by atoms with E-state index in [0.717, 1.165) is 61.8 Å². The van der Waals surface area contributed by atoms with Gasteiger partial charge in [0.2, 0.25) is 5.95 Å². The number of hydrogen-bond acceptors (Lipinski definition) is 7. The molecule has 1 saturated carbocycles. The van der Waals surface area contributed by atoms with E-state index < -0.39 is 0 Å². The molecule has 3 fully saturated rings. The molecule has 4 aliphatic rings. The number of hydrogen-bond donors (Lipinski definition) is 0. The summed E-state index contributed by atoms with van der Waals surface area (Å²) in [6.45, 7) is 5.21. The highest BCUT2D eigenvalue weighted by Crippen LogP contribution is 2.46. The predicted molar refractivity (Wildman–Crippen MR) is 126 cm³/mol. The van der Waals surface area contributed by atoms with E-state index in [2.05, 4.69) is 46.6 Å². The molecular formula is C24H25ClFN7O. The summed E-state index contributed by atoms with van der Waals surface area (Å²) in [6, 6.07) is 8.14. The average Bonchev–Trinajstić information content (AvgIpc) is 3.56. The molecule has 0 N–H and O–H groups in total. The fourth-order valence-electron chi connectivity index (χ4n) is 5.73. The molecule has 0 atom stereocenters. The molecule has 1 spiro atoms. The molecule has 8 nitrogen and oxygen atoms in total. The van der Waals surface area contributed by atoms with Gasteiger partial charge in [0, 0.05) is 55.3 Å². The molecule has 0 radical (unpaired) electrons. The minimum absolute atomic E-state index is 0.182. The molecule has 10 heteroatoms. The number of nitrogens with zero attached hydrogens (tertiary/aromatic N) is 7. The van der Waals surface area contributed by atoms with E-state index in [1.807, 2.05) is 6.07 Å². The smallest absolute Gasteiger partial charge is 0.231 e. The van der Waals surface area contributed by atoms with Crippen LogP contribution in [0.25, 0.3) is 5.69 Å². The highest BCUT2D eigenvalue weighted by molar-refractivity contribution is 6.30. The van der Waals surface area contributed by atoms with Crippen molar-refractivity contribution in [2.24, 2.45) is 5.41 Å². The highest BCUT2D eigenvalue weighted by Gasteiger charge is 2.54. The third-order valence-electron chi connectivity index (χ3n) is 7.48. The Balaban J connectivity index is 1.13. The fourth-order valence-corrected chi connectivity index (χ4v) is 5.93. The summed E-state index contributed by atoms with van der Waals surface area (Å²) in [5, 5.41) is 10.00.